The van der Waals surface area contributed by atoms with Gasteiger partial charge in [0.25, 0.3) is 5.69 Å². The van der Waals surface area contributed by atoms with Crippen LogP contribution in [0.4, 0.5) is 5.69 Å². The Balaban J connectivity index is 2.38. The van der Waals surface area contributed by atoms with Crippen molar-refractivity contribution in [2.75, 3.05) is 0 Å². The summed E-state index contributed by atoms with van der Waals surface area (Å²) >= 11 is 5.71. The highest BCUT2D eigenvalue weighted by molar-refractivity contribution is 6.29. The molecular formula is C13H9ClN2O5. The van der Waals surface area contributed by atoms with E-state index in [2.05, 4.69) is 4.98 Å². The maximum absolute atomic E-state index is 11.1. The van der Waals surface area contributed by atoms with E-state index >= 15 is 0 Å². The molecule has 0 aliphatic rings. The number of aromatic nitrogens is 1. The fourth-order valence-corrected chi connectivity index (χ4v) is 1.81. The molecule has 108 valence electrons. The fourth-order valence-electron chi connectivity index (χ4n) is 1.67. The summed E-state index contributed by atoms with van der Waals surface area (Å²) in [5.74, 6) is -1.16. The third-order valence-electron chi connectivity index (χ3n) is 2.64. The number of ether oxygens (including phenoxy) is 1. The molecule has 0 saturated heterocycles. The third kappa shape index (κ3) is 3.26. The van der Waals surface area contributed by atoms with Crippen LogP contribution >= 0.6 is 11.6 Å². The van der Waals surface area contributed by atoms with E-state index in [9.17, 15) is 14.9 Å². The summed E-state index contributed by atoms with van der Waals surface area (Å²) in [5, 5.41) is 19.9. The fraction of sp³-hybridized carbons (Fsp3) is 0.0769. The van der Waals surface area contributed by atoms with Gasteiger partial charge in [0.15, 0.2) is 0 Å². The second kappa shape index (κ2) is 5.76. The molecule has 0 fully saturated rings. The minimum absolute atomic E-state index is 0.0557. The predicted octanol–water partition coefficient (Wildman–Crippen LogP) is 3.44. The van der Waals surface area contributed by atoms with E-state index < -0.39 is 10.9 Å². The van der Waals surface area contributed by atoms with Gasteiger partial charge in [-0.05, 0) is 31.2 Å². The Morgan fingerprint density at radius 1 is 1.38 bits per heavy atom. The zero-order valence-corrected chi connectivity index (χ0v) is 11.5. The number of pyridine rings is 1. The van der Waals surface area contributed by atoms with Gasteiger partial charge in [0, 0.05) is 11.6 Å². The molecule has 7 nitrogen and oxygen atoms in total. The highest BCUT2D eigenvalue weighted by Crippen LogP contribution is 2.28. The molecule has 1 N–H and O–H groups in total. The number of nitro benzene ring substituents is 1. The van der Waals surface area contributed by atoms with E-state index in [4.69, 9.17) is 21.4 Å². The Labute approximate surface area is 123 Å². The first-order valence-corrected chi connectivity index (χ1v) is 6.09. The molecule has 21 heavy (non-hydrogen) atoms. The van der Waals surface area contributed by atoms with Crippen LogP contribution in [-0.2, 0) is 0 Å². The molecule has 0 aliphatic carbocycles. The maximum Gasteiger partial charge on any atom is 0.341 e. The number of halogens is 1. The standard InChI is InChI=1S/C13H9ClN2O5/c1-7-6-8(2-4-10(7)16(19)20)21-12-9(13(17)18)3-5-11(14)15-12/h2-6H,1H3,(H,17,18). The van der Waals surface area contributed by atoms with Gasteiger partial charge in [0.05, 0.1) is 4.92 Å². The number of nitro groups is 1. The van der Waals surface area contributed by atoms with E-state index in [1.165, 1.54) is 30.3 Å². The normalized spacial score (nSPS) is 10.2. The molecule has 0 amide bonds. The lowest BCUT2D eigenvalue weighted by molar-refractivity contribution is -0.385. The van der Waals surface area contributed by atoms with E-state index in [1.807, 2.05) is 0 Å². The highest BCUT2D eigenvalue weighted by Gasteiger charge is 2.16. The van der Waals surface area contributed by atoms with E-state index in [0.717, 1.165) is 0 Å². The number of carboxylic acid groups (broad SMARTS) is 1. The first kappa shape index (κ1) is 14.7. The summed E-state index contributed by atoms with van der Waals surface area (Å²) in [6.07, 6.45) is 0. The Kier molecular flexibility index (Phi) is 4.04. The van der Waals surface area contributed by atoms with Gasteiger partial charge in [-0.2, -0.15) is 0 Å². The number of aryl methyl sites for hydroxylation is 1. The van der Waals surface area contributed by atoms with Crippen molar-refractivity contribution in [3.63, 3.8) is 0 Å². The zero-order chi connectivity index (χ0) is 15.6. The van der Waals surface area contributed by atoms with Crippen LogP contribution in [0.15, 0.2) is 30.3 Å². The van der Waals surface area contributed by atoms with Crippen LogP contribution in [0.2, 0.25) is 5.15 Å². The van der Waals surface area contributed by atoms with Crippen molar-refractivity contribution >= 4 is 23.3 Å². The van der Waals surface area contributed by atoms with Crippen molar-refractivity contribution < 1.29 is 19.6 Å². The van der Waals surface area contributed by atoms with Gasteiger partial charge in [0.1, 0.15) is 16.5 Å². The van der Waals surface area contributed by atoms with Gasteiger partial charge in [0.2, 0.25) is 5.88 Å². The van der Waals surface area contributed by atoms with Crippen LogP contribution in [0.25, 0.3) is 0 Å². The Morgan fingerprint density at radius 3 is 2.67 bits per heavy atom. The van der Waals surface area contributed by atoms with Gasteiger partial charge < -0.3 is 9.84 Å². The molecule has 0 saturated carbocycles. The summed E-state index contributed by atoms with van der Waals surface area (Å²) in [6.45, 7) is 1.55. The molecule has 0 spiro atoms. The first-order chi connectivity index (χ1) is 9.88. The minimum Gasteiger partial charge on any atom is -0.477 e. The lowest BCUT2D eigenvalue weighted by Crippen LogP contribution is -2.02. The Bertz CT molecular complexity index is 732. The van der Waals surface area contributed by atoms with Crippen LogP contribution in [0.3, 0.4) is 0 Å². The predicted molar refractivity (Wildman–Crippen MR) is 74.1 cm³/mol. The van der Waals surface area contributed by atoms with Crippen molar-refractivity contribution in [3.8, 4) is 11.6 Å². The molecule has 2 aromatic rings. The third-order valence-corrected chi connectivity index (χ3v) is 2.85. The number of nitrogens with zero attached hydrogens (tertiary/aromatic N) is 2. The molecule has 0 atom stereocenters. The van der Waals surface area contributed by atoms with Crippen LogP contribution in [0, 0.1) is 17.0 Å². The molecule has 0 radical (unpaired) electrons. The van der Waals surface area contributed by atoms with Crippen molar-refractivity contribution in [1.29, 1.82) is 0 Å². The topological polar surface area (TPSA) is 103 Å². The largest absolute Gasteiger partial charge is 0.477 e. The second-order valence-corrected chi connectivity index (χ2v) is 4.49. The van der Waals surface area contributed by atoms with Gasteiger partial charge in [-0.3, -0.25) is 10.1 Å². The molecule has 1 aromatic heterocycles. The lowest BCUT2D eigenvalue weighted by Gasteiger charge is -2.08. The smallest absolute Gasteiger partial charge is 0.341 e. The average Bonchev–Trinajstić information content (AvgIpc) is 2.37. The summed E-state index contributed by atoms with van der Waals surface area (Å²) < 4.78 is 5.37. The molecule has 1 aromatic carbocycles. The molecule has 0 bridgehead atoms. The summed E-state index contributed by atoms with van der Waals surface area (Å²) in [5.41, 5.74) is 0.173. The van der Waals surface area contributed by atoms with Crippen LogP contribution in [-0.4, -0.2) is 21.0 Å². The van der Waals surface area contributed by atoms with E-state index in [-0.39, 0.29) is 28.0 Å². The van der Waals surface area contributed by atoms with Crippen LogP contribution in [0.5, 0.6) is 11.6 Å². The number of rotatable bonds is 4. The maximum atomic E-state index is 11.1. The van der Waals surface area contributed by atoms with E-state index in [1.54, 1.807) is 6.92 Å². The summed E-state index contributed by atoms with van der Waals surface area (Å²) in [6, 6.07) is 6.66. The van der Waals surface area contributed by atoms with Gasteiger partial charge in [-0.1, -0.05) is 11.6 Å². The Hall–Kier alpha value is -2.67. The van der Waals surface area contributed by atoms with Gasteiger partial charge in [-0.25, -0.2) is 9.78 Å². The van der Waals surface area contributed by atoms with Crippen molar-refractivity contribution in [1.82, 2.24) is 4.98 Å². The molecule has 0 aliphatic heterocycles. The van der Waals surface area contributed by atoms with E-state index in [0.29, 0.717) is 5.56 Å². The number of hydrogen-bond donors (Lipinski definition) is 1. The minimum atomic E-state index is -1.21. The highest BCUT2D eigenvalue weighted by atomic mass is 35.5. The average molecular weight is 309 g/mol. The number of carboxylic acids is 1. The van der Waals surface area contributed by atoms with Crippen LogP contribution < -0.4 is 4.74 Å². The zero-order valence-electron chi connectivity index (χ0n) is 10.7. The van der Waals surface area contributed by atoms with Crippen molar-refractivity contribution in [2.45, 2.75) is 6.92 Å². The van der Waals surface area contributed by atoms with Crippen LogP contribution in [0.1, 0.15) is 15.9 Å². The second-order valence-electron chi connectivity index (χ2n) is 4.10. The molecule has 0 unspecified atom stereocenters. The number of carbonyl (C=O) groups is 1. The molecular weight excluding hydrogens is 300 g/mol. The number of hydrogen-bond acceptors (Lipinski definition) is 5. The SMILES string of the molecule is Cc1cc(Oc2nc(Cl)ccc2C(=O)O)ccc1[N+](=O)[O-]. The van der Waals surface area contributed by atoms with Crippen molar-refractivity contribution in [2.24, 2.45) is 0 Å². The van der Waals surface area contributed by atoms with Gasteiger partial charge in [-0.15, -0.1) is 0 Å². The lowest BCUT2D eigenvalue weighted by atomic mass is 10.2. The Morgan fingerprint density at radius 2 is 2.10 bits per heavy atom. The molecule has 1 heterocycles. The number of benzene rings is 1. The quantitative estimate of drug-likeness (QED) is 0.527. The monoisotopic (exact) mass is 308 g/mol. The summed E-state index contributed by atoms with van der Waals surface area (Å²) in [4.78, 5) is 25.1. The number of aromatic carboxylic acids is 1. The van der Waals surface area contributed by atoms with Gasteiger partial charge >= 0.3 is 5.97 Å². The molecule has 2 rings (SSSR count). The summed E-state index contributed by atoms with van der Waals surface area (Å²) in [7, 11) is 0. The molecule has 8 heteroatoms. The first-order valence-electron chi connectivity index (χ1n) is 5.71. The van der Waals surface area contributed by atoms with Crippen molar-refractivity contribution in [3.05, 3.63) is 56.7 Å².